The minimum atomic E-state index is -0.434. The van der Waals surface area contributed by atoms with Crippen LogP contribution in [-0.2, 0) is 11.4 Å². The topological polar surface area (TPSA) is 79.9 Å². The first-order valence-electron chi connectivity index (χ1n) is 8.44. The minimum absolute atomic E-state index is 0.226. The van der Waals surface area contributed by atoms with Gasteiger partial charge in [-0.2, -0.15) is 0 Å². The van der Waals surface area contributed by atoms with Crippen molar-refractivity contribution in [3.05, 3.63) is 63.9 Å². The Morgan fingerprint density at radius 2 is 2.00 bits per heavy atom. The van der Waals surface area contributed by atoms with Crippen molar-refractivity contribution in [1.29, 1.82) is 0 Å². The number of amides is 1. The molecular formula is C19H18Cl2N4O2S. The number of ether oxygens (including phenoxy) is 1. The quantitative estimate of drug-likeness (QED) is 0.502. The van der Waals surface area contributed by atoms with Crippen molar-refractivity contribution < 1.29 is 9.53 Å². The van der Waals surface area contributed by atoms with Crippen LogP contribution in [0.1, 0.15) is 18.3 Å². The predicted octanol–water partition coefficient (Wildman–Crippen LogP) is 5.12. The van der Waals surface area contributed by atoms with Gasteiger partial charge in [0.15, 0.2) is 5.82 Å². The molecule has 0 unspecified atom stereocenters. The van der Waals surface area contributed by atoms with E-state index in [1.807, 2.05) is 31.2 Å². The largest absolute Gasteiger partial charge is 0.486 e. The van der Waals surface area contributed by atoms with Gasteiger partial charge in [0.05, 0.1) is 21.0 Å². The molecule has 28 heavy (non-hydrogen) atoms. The van der Waals surface area contributed by atoms with Gasteiger partial charge in [0.1, 0.15) is 12.4 Å². The summed E-state index contributed by atoms with van der Waals surface area (Å²) in [7, 11) is 0. The van der Waals surface area contributed by atoms with E-state index in [0.717, 1.165) is 11.3 Å². The lowest BCUT2D eigenvalue weighted by molar-refractivity contribution is -0.115. The van der Waals surface area contributed by atoms with Gasteiger partial charge in [-0.15, -0.1) is 5.10 Å². The summed E-state index contributed by atoms with van der Waals surface area (Å²) in [6.45, 7) is 4.04. The second-order valence-electron chi connectivity index (χ2n) is 6.02. The maximum absolute atomic E-state index is 12.4. The number of carbonyl (C=O) groups excluding carboxylic acids is 1. The van der Waals surface area contributed by atoms with Crippen LogP contribution in [0.3, 0.4) is 0 Å². The number of halogens is 2. The Bertz CT molecular complexity index is 963. The number of carbonyl (C=O) groups is 1. The Hall–Kier alpha value is -2.22. The molecule has 0 radical (unpaired) electrons. The van der Waals surface area contributed by atoms with Crippen molar-refractivity contribution in [3.63, 3.8) is 0 Å². The summed E-state index contributed by atoms with van der Waals surface area (Å²) in [5.41, 5.74) is 1.63. The second-order valence-corrected chi connectivity index (χ2v) is 8.11. The molecule has 0 aliphatic rings. The third-order valence-electron chi connectivity index (χ3n) is 3.77. The maximum Gasteiger partial charge on any atom is 0.237 e. The number of H-pyrrole nitrogens is 1. The molecule has 0 aliphatic heterocycles. The molecule has 0 aliphatic carbocycles. The zero-order valence-corrected chi connectivity index (χ0v) is 17.5. The fraction of sp³-hybridized carbons (Fsp3) is 0.211. The number of nitrogens with one attached hydrogen (secondary N) is 2. The van der Waals surface area contributed by atoms with E-state index in [1.165, 1.54) is 11.8 Å². The van der Waals surface area contributed by atoms with Gasteiger partial charge in [-0.05, 0) is 38.1 Å². The van der Waals surface area contributed by atoms with Crippen molar-refractivity contribution in [2.24, 2.45) is 0 Å². The predicted molar refractivity (Wildman–Crippen MR) is 112 cm³/mol. The Labute approximate surface area is 177 Å². The number of benzene rings is 2. The van der Waals surface area contributed by atoms with Crippen LogP contribution in [0.5, 0.6) is 5.75 Å². The molecule has 6 nitrogen and oxygen atoms in total. The number of aryl methyl sites for hydroxylation is 1. The van der Waals surface area contributed by atoms with Gasteiger partial charge in [-0.25, -0.2) is 4.98 Å². The molecule has 1 aromatic heterocycles. The maximum atomic E-state index is 12.4. The molecule has 0 spiro atoms. The van der Waals surface area contributed by atoms with E-state index in [1.54, 1.807) is 25.1 Å². The molecule has 9 heteroatoms. The smallest absolute Gasteiger partial charge is 0.237 e. The number of rotatable bonds is 7. The Kier molecular flexibility index (Phi) is 6.83. The average Bonchev–Trinajstić information content (AvgIpc) is 3.12. The van der Waals surface area contributed by atoms with Crippen molar-refractivity contribution in [2.45, 2.75) is 30.9 Å². The Balaban J connectivity index is 1.54. The molecule has 0 bridgehead atoms. The number of hydrogen-bond donors (Lipinski definition) is 2. The number of nitrogens with zero attached hydrogens (tertiary/aromatic N) is 2. The van der Waals surface area contributed by atoms with Crippen LogP contribution in [0, 0.1) is 6.92 Å². The van der Waals surface area contributed by atoms with E-state index < -0.39 is 5.25 Å². The second kappa shape index (κ2) is 9.32. The normalized spacial score (nSPS) is 11.9. The standard InChI is InChI=1S/C19H18Cl2N4O2S/c1-11-6-8-13(9-7-11)27-10-16-23-19(25-24-16)28-12(2)18(26)22-15-5-3-4-14(20)17(15)21/h3-9,12H,10H2,1-2H3,(H,22,26)(H,23,24,25)/t12-/m0/s1. The first kappa shape index (κ1) is 20.5. The van der Waals surface area contributed by atoms with Crippen molar-refractivity contribution in [2.75, 3.05) is 5.32 Å². The van der Waals surface area contributed by atoms with Crippen LogP contribution in [0.4, 0.5) is 5.69 Å². The van der Waals surface area contributed by atoms with Gasteiger partial charge in [-0.1, -0.05) is 58.7 Å². The fourth-order valence-electron chi connectivity index (χ4n) is 2.23. The highest BCUT2D eigenvalue weighted by atomic mass is 35.5. The molecule has 1 amide bonds. The molecule has 1 atom stereocenters. The first-order valence-corrected chi connectivity index (χ1v) is 10.1. The van der Waals surface area contributed by atoms with Gasteiger partial charge in [-0.3, -0.25) is 9.89 Å². The minimum Gasteiger partial charge on any atom is -0.486 e. The molecule has 146 valence electrons. The summed E-state index contributed by atoms with van der Waals surface area (Å²) >= 11 is 13.3. The third-order valence-corrected chi connectivity index (χ3v) is 5.55. The van der Waals surface area contributed by atoms with Gasteiger partial charge >= 0.3 is 0 Å². The molecule has 3 rings (SSSR count). The summed E-state index contributed by atoms with van der Waals surface area (Å²) in [4.78, 5) is 16.7. The van der Waals surface area contributed by atoms with E-state index in [0.29, 0.717) is 26.7 Å². The van der Waals surface area contributed by atoms with E-state index in [-0.39, 0.29) is 12.5 Å². The van der Waals surface area contributed by atoms with Crippen molar-refractivity contribution in [3.8, 4) is 5.75 Å². The van der Waals surface area contributed by atoms with E-state index in [2.05, 4.69) is 20.5 Å². The van der Waals surface area contributed by atoms with Crippen LogP contribution in [-0.4, -0.2) is 26.3 Å². The summed E-state index contributed by atoms with van der Waals surface area (Å²) < 4.78 is 5.67. The van der Waals surface area contributed by atoms with Crippen LogP contribution >= 0.6 is 35.0 Å². The number of anilines is 1. The molecule has 2 aromatic carbocycles. The third kappa shape index (κ3) is 5.41. The fourth-order valence-corrected chi connectivity index (χ4v) is 3.32. The Morgan fingerprint density at radius 3 is 2.75 bits per heavy atom. The molecule has 0 saturated carbocycles. The SMILES string of the molecule is Cc1ccc(OCc2nc(S[C@@H](C)C(=O)Nc3cccc(Cl)c3Cl)n[nH]2)cc1. The highest BCUT2D eigenvalue weighted by Crippen LogP contribution is 2.30. The van der Waals surface area contributed by atoms with Crippen LogP contribution < -0.4 is 10.1 Å². The molecular weight excluding hydrogens is 419 g/mol. The number of hydrogen-bond acceptors (Lipinski definition) is 5. The van der Waals surface area contributed by atoms with Crippen molar-refractivity contribution >= 4 is 46.6 Å². The number of thioether (sulfide) groups is 1. The molecule has 0 saturated heterocycles. The van der Waals surface area contributed by atoms with Gasteiger partial charge in [0, 0.05) is 0 Å². The number of aromatic nitrogens is 3. The summed E-state index contributed by atoms with van der Waals surface area (Å²) in [5, 5.41) is 10.4. The van der Waals surface area contributed by atoms with Crippen LogP contribution in [0.15, 0.2) is 47.6 Å². The lowest BCUT2D eigenvalue weighted by atomic mass is 10.2. The van der Waals surface area contributed by atoms with Gasteiger partial charge in [0.25, 0.3) is 0 Å². The number of aromatic amines is 1. The van der Waals surface area contributed by atoms with E-state index in [9.17, 15) is 4.79 Å². The molecule has 2 N–H and O–H groups in total. The summed E-state index contributed by atoms with van der Waals surface area (Å²) in [5.74, 6) is 1.10. The van der Waals surface area contributed by atoms with Crippen molar-refractivity contribution in [1.82, 2.24) is 15.2 Å². The Morgan fingerprint density at radius 1 is 1.25 bits per heavy atom. The molecule has 1 heterocycles. The zero-order valence-electron chi connectivity index (χ0n) is 15.2. The molecule has 0 fully saturated rings. The lowest BCUT2D eigenvalue weighted by Gasteiger charge is -2.11. The van der Waals surface area contributed by atoms with E-state index in [4.69, 9.17) is 27.9 Å². The average molecular weight is 437 g/mol. The van der Waals surface area contributed by atoms with Gasteiger partial charge in [0.2, 0.25) is 11.1 Å². The molecule has 3 aromatic rings. The summed E-state index contributed by atoms with van der Waals surface area (Å²) in [6.07, 6.45) is 0. The lowest BCUT2D eigenvalue weighted by Crippen LogP contribution is -2.22. The highest BCUT2D eigenvalue weighted by Gasteiger charge is 2.19. The van der Waals surface area contributed by atoms with Crippen LogP contribution in [0.25, 0.3) is 0 Å². The van der Waals surface area contributed by atoms with Crippen LogP contribution in [0.2, 0.25) is 10.0 Å². The van der Waals surface area contributed by atoms with Gasteiger partial charge < -0.3 is 10.1 Å². The highest BCUT2D eigenvalue weighted by molar-refractivity contribution is 8.00. The zero-order chi connectivity index (χ0) is 20.1. The summed E-state index contributed by atoms with van der Waals surface area (Å²) in [6, 6.07) is 12.8. The van der Waals surface area contributed by atoms with E-state index >= 15 is 0 Å². The monoisotopic (exact) mass is 436 g/mol. The first-order chi connectivity index (χ1) is 13.4.